The van der Waals surface area contributed by atoms with Crippen molar-refractivity contribution in [2.24, 2.45) is 0 Å². The third-order valence-corrected chi connectivity index (χ3v) is 2.74. The van der Waals surface area contributed by atoms with Crippen LogP contribution in [0.3, 0.4) is 0 Å². The summed E-state index contributed by atoms with van der Waals surface area (Å²) in [4.78, 5) is 25.9. The molecule has 1 aliphatic heterocycles. The van der Waals surface area contributed by atoms with E-state index in [1.807, 2.05) is 6.07 Å². The van der Waals surface area contributed by atoms with Gasteiger partial charge in [0.1, 0.15) is 0 Å². The summed E-state index contributed by atoms with van der Waals surface area (Å²) < 4.78 is 0. The second-order valence-corrected chi connectivity index (χ2v) is 3.86. The van der Waals surface area contributed by atoms with Crippen LogP contribution in [-0.4, -0.2) is 36.9 Å². The first-order valence-corrected chi connectivity index (χ1v) is 5.16. The van der Waals surface area contributed by atoms with Crippen LogP contribution in [0.2, 0.25) is 0 Å². The second-order valence-electron chi connectivity index (χ2n) is 3.86. The van der Waals surface area contributed by atoms with E-state index in [0.29, 0.717) is 5.56 Å². The lowest BCUT2D eigenvalue weighted by atomic mass is 10.2. The normalized spacial score (nSPS) is 16.0. The molecule has 1 heterocycles. The molecule has 86 valence electrons. The largest absolute Gasteiger partial charge is 0.353 e. The number of carbonyl (C=O) groups is 2. The average molecular weight is 229 g/mol. The van der Waals surface area contributed by atoms with E-state index >= 15 is 0 Å². The van der Waals surface area contributed by atoms with Crippen LogP contribution < -0.4 is 4.90 Å². The fraction of sp³-hybridized carbons (Fsp3) is 0.250. The predicted molar refractivity (Wildman–Crippen MR) is 61.1 cm³/mol. The Morgan fingerprint density at radius 3 is 2.47 bits per heavy atom. The fourth-order valence-electron chi connectivity index (χ4n) is 1.69. The van der Waals surface area contributed by atoms with Crippen molar-refractivity contribution in [3.63, 3.8) is 0 Å². The first-order chi connectivity index (χ1) is 8.11. The molecule has 0 saturated carbocycles. The first kappa shape index (κ1) is 11.1. The molecule has 0 N–H and O–H groups in total. The van der Waals surface area contributed by atoms with Crippen molar-refractivity contribution in [2.45, 2.75) is 0 Å². The number of nitrogens with zero attached hydrogens (tertiary/aromatic N) is 3. The van der Waals surface area contributed by atoms with Gasteiger partial charge >= 0.3 is 0 Å². The smallest absolute Gasteiger partial charge is 0.248 e. The van der Waals surface area contributed by atoms with Gasteiger partial charge < -0.3 is 4.90 Å². The fourth-order valence-corrected chi connectivity index (χ4v) is 1.69. The molecule has 0 unspecified atom stereocenters. The summed E-state index contributed by atoms with van der Waals surface area (Å²) in [7, 11) is 1.48. The zero-order chi connectivity index (χ0) is 12.4. The maximum atomic E-state index is 11.5. The van der Waals surface area contributed by atoms with Gasteiger partial charge in [-0.2, -0.15) is 5.26 Å². The summed E-state index contributed by atoms with van der Waals surface area (Å²) in [6, 6.07) is 8.91. The zero-order valence-corrected chi connectivity index (χ0v) is 9.38. The molecule has 0 aliphatic carbocycles. The molecule has 1 fully saturated rings. The molecular weight excluding hydrogens is 218 g/mol. The lowest BCUT2D eigenvalue weighted by Gasteiger charge is -2.31. The Hall–Kier alpha value is -2.35. The van der Waals surface area contributed by atoms with Gasteiger partial charge in [0.15, 0.2) is 0 Å². The van der Waals surface area contributed by atoms with E-state index in [1.165, 1.54) is 7.05 Å². The first-order valence-electron chi connectivity index (χ1n) is 5.16. The van der Waals surface area contributed by atoms with Crippen LogP contribution in [0.4, 0.5) is 5.69 Å². The molecule has 1 aromatic carbocycles. The van der Waals surface area contributed by atoms with Gasteiger partial charge in [-0.1, -0.05) is 6.07 Å². The van der Waals surface area contributed by atoms with Gasteiger partial charge in [0.05, 0.1) is 24.7 Å². The lowest BCUT2D eigenvalue weighted by Crippen LogP contribution is -2.52. The molecule has 0 radical (unpaired) electrons. The highest BCUT2D eigenvalue weighted by Gasteiger charge is 2.28. The molecular formula is C12H11N3O2. The molecule has 2 rings (SSSR count). The van der Waals surface area contributed by atoms with Gasteiger partial charge in [-0.25, -0.2) is 0 Å². The van der Waals surface area contributed by atoms with Crippen molar-refractivity contribution in [1.29, 1.82) is 5.26 Å². The molecule has 17 heavy (non-hydrogen) atoms. The van der Waals surface area contributed by atoms with Gasteiger partial charge in [0.25, 0.3) is 0 Å². The van der Waals surface area contributed by atoms with Crippen LogP contribution in [0.1, 0.15) is 5.56 Å². The van der Waals surface area contributed by atoms with Crippen molar-refractivity contribution < 1.29 is 9.59 Å². The van der Waals surface area contributed by atoms with Crippen molar-refractivity contribution in [1.82, 2.24) is 4.90 Å². The van der Waals surface area contributed by atoms with Crippen molar-refractivity contribution in [2.75, 3.05) is 25.0 Å². The van der Waals surface area contributed by atoms with Gasteiger partial charge in [-0.3, -0.25) is 14.5 Å². The monoisotopic (exact) mass is 229 g/mol. The molecule has 0 spiro atoms. The summed E-state index contributed by atoms with van der Waals surface area (Å²) in [6.45, 7) is 0.328. The summed E-state index contributed by atoms with van der Waals surface area (Å²) in [5, 5.41) is 8.80. The van der Waals surface area contributed by atoms with Gasteiger partial charge in [0, 0.05) is 12.7 Å². The molecule has 0 bridgehead atoms. The van der Waals surface area contributed by atoms with Crippen LogP contribution in [0.25, 0.3) is 0 Å². The van der Waals surface area contributed by atoms with Crippen LogP contribution in [0.5, 0.6) is 0 Å². The maximum absolute atomic E-state index is 11.5. The molecule has 0 atom stereocenters. The predicted octanol–water partition coefficient (Wildman–Crippen LogP) is 0.363. The summed E-state index contributed by atoms with van der Waals surface area (Å²) in [6.07, 6.45) is 0. The number of amides is 2. The minimum atomic E-state index is -0.233. The van der Waals surface area contributed by atoms with Crippen molar-refractivity contribution >= 4 is 17.5 Å². The topological polar surface area (TPSA) is 64.4 Å². The number of hydrogen-bond acceptors (Lipinski definition) is 4. The third-order valence-electron chi connectivity index (χ3n) is 2.74. The molecule has 1 saturated heterocycles. The number of anilines is 1. The number of hydrogen-bond donors (Lipinski definition) is 0. The van der Waals surface area contributed by atoms with E-state index in [0.717, 1.165) is 10.6 Å². The Kier molecular flexibility index (Phi) is 2.79. The standard InChI is InChI=1S/C12H11N3O2/c1-14-11(16)7-15(8-12(14)17)10-4-2-3-9(5-10)6-13/h2-5H,7-8H2,1H3. The summed E-state index contributed by atoms with van der Waals surface area (Å²) in [5.74, 6) is -0.466. The van der Waals surface area contributed by atoms with Crippen LogP contribution in [0.15, 0.2) is 24.3 Å². The Balaban J connectivity index is 2.26. The number of carbonyl (C=O) groups excluding carboxylic acids is 2. The lowest BCUT2D eigenvalue weighted by molar-refractivity contribution is -0.143. The summed E-state index contributed by atoms with van der Waals surface area (Å²) in [5.41, 5.74) is 1.24. The van der Waals surface area contributed by atoms with Gasteiger partial charge in [-0.15, -0.1) is 0 Å². The molecule has 5 nitrogen and oxygen atoms in total. The Morgan fingerprint density at radius 2 is 1.88 bits per heavy atom. The van der Waals surface area contributed by atoms with E-state index in [1.54, 1.807) is 29.2 Å². The SMILES string of the molecule is CN1C(=O)CN(c2cccc(C#N)c2)CC1=O. The van der Waals surface area contributed by atoms with E-state index < -0.39 is 0 Å². The maximum Gasteiger partial charge on any atom is 0.248 e. The minimum absolute atomic E-state index is 0.164. The number of imide groups is 1. The molecule has 2 amide bonds. The Bertz CT molecular complexity index is 501. The number of benzene rings is 1. The van der Waals surface area contributed by atoms with Gasteiger partial charge in [-0.05, 0) is 18.2 Å². The van der Waals surface area contributed by atoms with Crippen LogP contribution in [0, 0.1) is 11.3 Å². The number of rotatable bonds is 1. The number of piperazine rings is 1. The van der Waals surface area contributed by atoms with Crippen molar-refractivity contribution in [3.05, 3.63) is 29.8 Å². The highest BCUT2D eigenvalue weighted by Crippen LogP contribution is 2.18. The van der Waals surface area contributed by atoms with E-state index in [2.05, 4.69) is 0 Å². The quantitative estimate of drug-likeness (QED) is 0.652. The van der Waals surface area contributed by atoms with Crippen LogP contribution >= 0.6 is 0 Å². The minimum Gasteiger partial charge on any atom is -0.353 e. The zero-order valence-electron chi connectivity index (χ0n) is 9.38. The highest BCUT2D eigenvalue weighted by atomic mass is 16.2. The third kappa shape index (κ3) is 2.11. The summed E-state index contributed by atoms with van der Waals surface area (Å²) >= 11 is 0. The van der Waals surface area contributed by atoms with Gasteiger partial charge in [0.2, 0.25) is 11.8 Å². The molecule has 1 aliphatic rings. The molecule has 0 aromatic heterocycles. The Morgan fingerprint density at radius 1 is 1.24 bits per heavy atom. The van der Waals surface area contributed by atoms with Crippen LogP contribution in [-0.2, 0) is 9.59 Å². The second kappa shape index (κ2) is 4.26. The Labute approximate surface area is 98.9 Å². The molecule has 1 aromatic rings. The van der Waals surface area contributed by atoms with E-state index in [9.17, 15) is 9.59 Å². The number of likely N-dealkylation sites (N-methyl/N-ethyl adjacent to an activating group) is 1. The number of nitriles is 1. The van der Waals surface area contributed by atoms with E-state index in [-0.39, 0.29) is 24.9 Å². The highest BCUT2D eigenvalue weighted by molar-refractivity contribution is 6.02. The van der Waals surface area contributed by atoms with Crippen molar-refractivity contribution in [3.8, 4) is 6.07 Å². The van der Waals surface area contributed by atoms with E-state index in [4.69, 9.17) is 5.26 Å². The average Bonchev–Trinajstić information content (AvgIpc) is 2.35. The molecule has 5 heteroatoms.